The third-order valence-electron chi connectivity index (χ3n) is 4.82. The van der Waals surface area contributed by atoms with Crippen LogP contribution in [-0.4, -0.2) is 25.2 Å². The largest absolute Gasteiger partial charge is 0.324 e. The van der Waals surface area contributed by atoms with Gasteiger partial charge in [0.1, 0.15) is 0 Å². The number of sulfonamides is 1. The van der Waals surface area contributed by atoms with Gasteiger partial charge in [-0.25, -0.2) is 8.42 Å². The molecule has 3 rings (SSSR count). The number of carbonyl (C=O) groups is 1. The van der Waals surface area contributed by atoms with E-state index >= 15 is 0 Å². The number of rotatable bonds is 7. The monoisotopic (exact) mass is 554 g/mol. The van der Waals surface area contributed by atoms with Gasteiger partial charge in [-0.05, 0) is 66.9 Å². The minimum atomic E-state index is -3.97. The fourth-order valence-corrected chi connectivity index (χ4v) is 5.80. The number of carbonyl (C=O) groups excluding carboxylic acids is 1. The number of nitrogens with zero attached hydrogens (tertiary/aromatic N) is 1. The van der Waals surface area contributed by atoms with Gasteiger partial charge in [0.25, 0.3) is 0 Å². The highest BCUT2D eigenvalue weighted by Crippen LogP contribution is 2.27. The van der Waals surface area contributed by atoms with Crippen LogP contribution in [0.15, 0.2) is 70.0 Å². The van der Waals surface area contributed by atoms with Gasteiger partial charge in [0, 0.05) is 26.8 Å². The minimum absolute atomic E-state index is 0.0844. The van der Waals surface area contributed by atoms with Crippen LogP contribution in [0, 0.1) is 13.8 Å². The highest BCUT2D eigenvalue weighted by Gasteiger charge is 2.28. The molecule has 0 atom stereocenters. The van der Waals surface area contributed by atoms with E-state index in [4.69, 9.17) is 23.2 Å². The maximum absolute atomic E-state index is 13.4. The van der Waals surface area contributed by atoms with Crippen molar-refractivity contribution in [2.24, 2.45) is 0 Å². The molecule has 0 aromatic heterocycles. The Kier molecular flexibility index (Phi) is 8.01. The lowest BCUT2D eigenvalue weighted by molar-refractivity contribution is -0.116. The Hall–Kier alpha value is -1.90. The Labute approximate surface area is 206 Å². The summed E-state index contributed by atoms with van der Waals surface area (Å²) in [5, 5.41) is 3.61. The standard InChI is InChI=1S/C23H21BrCl2N2O3S/c1-15-10-18(24)11-16(2)23(15)27-22(29)14-28(13-17-8-9-19(25)12-21(17)26)32(30,31)20-6-4-3-5-7-20/h3-12H,13-14H2,1-2H3,(H,27,29). The molecule has 0 aliphatic rings. The van der Waals surface area contributed by atoms with Crippen molar-refractivity contribution in [1.29, 1.82) is 0 Å². The van der Waals surface area contributed by atoms with Gasteiger partial charge in [-0.2, -0.15) is 4.31 Å². The second-order valence-electron chi connectivity index (χ2n) is 7.28. The number of benzene rings is 3. The first kappa shape index (κ1) is 24.7. The lowest BCUT2D eigenvalue weighted by Gasteiger charge is -2.23. The van der Waals surface area contributed by atoms with Crippen molar-refractivity contribution in [3.63, 3.8) is 0 Å². The van der Waals surface area contributed by atoms with E-state index in [-0.39, 0.29) is 18.0 Å². The van der Waals surface area contributed by atoms with Crippen molar-refractivity contribution in [2.75, 3.05) is 11.9 Å². The van der Waals surface area contributed by atoms with Gasteiger partial charge in [0.05, 0.1) is 11.4 Å². The Morgan fingerprint density at radius 3 is 2.22 bits per heavy atom. The first-order valence-corrected chi connectivity index (χ1v) is 12.6. The molecule has 0 aliphatic heterocycles. The van der Waals surface area contributed by atoms with Crippen LogP contribution < -0.4 is 5.32 Å². The Balaban J connectivity index is 1.93. The van der Waals surface area contributed by atoms with E-state index in [0.29, 0.717) is 21.3 Å². The summed E-state index contributed by atoms with van der Waals surface area (Å²) in [7, 11) is -3.97. The summed E-state index contributed by atoms with van der Waals surface area (Å²) in [4.78, 5) is 13.0. The normalized spacial score (nSPS) is 11.6. The third-order valence-corrected chi connectivity index (χ3v) is 7.68. The summed E-state index contributed by atoms with van der Waals surface area (Å²) in [5.41, 5.74) is 2.92. The Bertz CT molecular complexity index is 1230. The first-order chi connectivity index (χ1) is 15.1. The first-order valence-electron chi connectivity index (χ1n) is 9.63. The topological polar surface area (TPSA) is 66.5 Å². The maximum Gasteiger partial charge on any atom is 0.243 e. The van der Waals surface area contributed by atoms with Gasteiger partial charge in [-0.1, -0.05) is 63.4 Å². The van der Waals surface area contributed by atoms with Gasteiger partial charge in [0.2, 0.25) is 15.9 Å². The van der Waals surface area contributed by atoms with E-state index in [1.165, 1.54) is 12.1 Å². The molecule has 5 nitrogen and oxygen atoms in total. The quantitative estimate of drug-likeness (QED) is 0.377. The van der Waals surface area contributed by atoms with Crippen molar-refractivity contribution in [3.05, 3.63) is 91.9 Å². The molecular weight excluding hydrogens is 535 g/mol. The fourth-order valence-electron chi connectivity index (χ4n) is 3.25. The molecule has 1 N–H and O–H groups in total. The molecule has 3 aromatic rings. The lowest BCUT2D eigenvalue weighted by Crippen LogP contribution is -2.37. The van der Waals surface area contributed by atoms with Crippen molar-refractivity contribution in [2.45, 2.75) is 25.3 Å². The van der Waals surface area contributed by atoms with E-state index in [1.807, 2.05) is 26.0 Å². The van der Waals surface area contributed by atoms with Crippen molar-refractivity contribution in [1.82, 2.24) is 4.31 Å². The second kappa shape index (κ2) is 10.4. The van der Waals surface area contributed by atoms with Crippen LogP contribution in [0.3, 0.4) is 0 Å². The average molecular weight is 556 g/mol. The smallest absolute Gasteiger partial charge is 0.243 e. The highest BCUT2D eigenvalue weighted by atomic mass is 79.9. The molecule has 0 saturated carbocycles. The number of amides is 1. The molecule has 0 heterocycles. The summed E-state index contributed by atoms with van der Waals surface area (Å²) in [6, 6.07) is 16.6. The van der Waals surface area contributed by atoms with E-state index in [1.54, 1.807) is 36.4 Å². The lowest BCUT2D eigenvalue weighted by atomic mass is 10.1. The van der Waals surface area contributed by atoms with Crippen LogP contribution in [0.1, 0.15) is 16.7 Å². The molecule has 0 fully saturated rings. The summed E-state index contributed by atoms with van der Waals surface area (Å²) in [6.45, 7) is 3.28. The zero-order valence-electron chi connectivity index (χ0n) is 17.4. The predicted molar refractivity (Wildman–Crippen MR) is 133 cm³/mol. The van der Waals surface area contributed by atoms with Crippen LogP contribution in [0.2, 0.25) is 10.0 Å². The number of halogens is 3. The molecule has 0 saturated heterocycles. The molecule has 0 bridgehead atoms. The van der Waals surface area contributed by atoms with E-state index in [0.717, 1.165) is 19.9 Å². The Morgan fingerprint density at radius 2 is 1.62 bits per heavy atom. The van der Waals surface area contributed by atoms with Crippen LogP contribution in [0.25, 0.3) is 0 Å². The van der Waals surface area contributed by atoms with Gasteiger partial charge in [0.15, 0.2) is 0 Å². The molecule has 9 heteroatoms. The molecule has 1 amide bonds. The summed E-state index contributed by atoms with van der Waals surface area (Å²) >= 11 is 15.7. The number of hydrogen-bond acceptors (Lipinski definition) is 3. The number of anilines is 1. The number of hydrogen-bond donors (Lipinski definition) is 1. The van der Waals surface area contributed by atoms with Crippen molar-refractivity contribution in [3.8, 4) is 0 Å². The summed E-state index contributed by atoms with van der Waals surface area (Å²) in [5.74, 6) is -0.455. The van der Waals surface area contributed by atoms with Gasteiger partial charge in [-0.3, -0.25) is 4.79 Å². The van der Waals surface area contributed by atoms with Crippen molar-refractivity contribution < 1.29 is 13.2 Å². The molecule has 32 heavy (non-hydrogen) atoms. The van der Waals surface area contributed by atoms with E-state index in [2.05, 4.69) is 21.2 Å². The SMILES string of the molecule is Cc1cc(Br)cc(C)c1NC(=O)CN(Cc1ccc(Cl)cc1Cl)S(=O)(=O)c1ccccc1. The molecule has 168 valence electrons. The zero-order valence-corrected chi connectivity index (χ0v) is 21.3. The van der Waals surface area contributed by atoms with Gasteiger partial charge < -0.3 is 5.32 Å². The molecule has 0 radical (unpaired) electrons. The van der Waals surface area contributed by atoms with Crippen LogP contribution in [0.5, 0.6) is 0 Å². The van der Waals surface area contributed by atoms with E-state index < -0.39 is 15.9 Å². The Morgan fingerprint density at radius 1 is 1.00 bits per heavy atom. The van der Waals surface area contributed by atoms with Crippen LogP contribution in [-0.2, 0) is 21.4 Å². The molecule has 0 aliphatic carbocycles. The molecule has 3 aromatic carbocycles. The van der Waals surface area contributed by atoms with Crippen LogP contribution in [0.4, 0.5) is 5.69 Å². The van der Waals surface area contributed by atoms with E-state index in [9.17, 15) is 13.2 Å². The number of aryl methyl sites for hydroxylation is 2. The average Bonchev–Trinajstić information content (AvgIpc) is 2.72. The number of nitrogens with one attached hydrogen (secondary N) is 1. The third kappa shape index (κ3) is 5.91. The van der Waals surface area contributed by atoms with Gasteiger partial charge >= 0.3 is 0 Å². The fraction of sp³-hybridized carbons (Fsp3) is 0.174. The zero-order chi connectivity index (χ0) is 23.5. The summed E-state index contributed by atoms with van der Waals surface area (Å²) < 4.78 is 28.7. The minimum Gasteiger partial charge on any atom is -0.324 e. The second-order valence-corrected chi connectivity index (χ2v) is 11.0. The molecular formula is C23H21BrCl2N2O3S. The van der Waals surface area contributed by atoms with Crippen molar-refractivity contribution >= 4 is 60.7 Å². The summed E-state index contributed by atoms with van der Waals surface area (Å²) in [6.07, 6.45) is 0. The molecule has 0 spiro atoms. The van der Waals surface area contributed by atoms with Gasteiger partial charge in [-0.15, -0.1) is 0 Å². The predicted octanol–water partition coefficient (Wildman–Crippen LogP) is 6.20. The maximum atomic E-state index is 13.4. The molecule has 0 unspecified atom stereocenters. The highest BCUT2D eigenvalue weighted by molar-refractivity contribution is 9.10. The van der Waals surface area contributed by atoms with Crippen LogP contribution >= 0.6 is 39.1 Å².